The second-order valence-electron chi connectivity index (χ2n) is 9.82. The molecule has 0 unspecified atom stereocenters. The normalized spacial score (nSPS) is 13.3. The first-order valence-corrected chi connectivity index (χ1v) is 13.3. The number of amides is 2. The SMILES string of the molecule is N#Cc1ccc(CNC(=O)c2ccc(Nc3ccc(C(=O)N4CCN(Cc5ccc(F)cc5)CC4)cn3)cc2)cc1. The van der Waals surface area contributed by atoms with Gasteiger partial charge in [0.25, 0.3) is 11.8 Å². The Hall–Kier alpha value is -5.07. The van der Waals surface area contributed by atoms with Crippen LogP contribution >= 0.6 is 0 Å². The zero-order valence-electron chi connectivity index (χ0n) is 22.4. The molecule has 2 N–H and O–H groups in total. The summed E-state index contributed by atoms with van der Waals surface area (Å²) in [6.07, 6.45) is 1.57. The van der Waals surface area contributed by atoms with E-state index in [-0.39, 0.29) is 17.6 Å². The smallest absolute Gasteiger partial charge is 0.255 e. The zero-order chi connectivity index (χ0) is 28.6. The van der Waals surface area contributed by atoms with Gasteiger partial charge in [-0.2, -0.15) is 5.26 Å². The fraction of sp³-hybridized carbons (Fsp3) is 0.188. The molecule has 2 heterocycles. The fourth-order valence-corrected chi connectivity index (χ4v) is 4.57. The van der Waals surface area contributed by atoms with Crippen LogP contribution in [0.15, 0.2) is 91.1 Å². The fourth-order valence-electron chi connectivity index (χ4n) is 4.57. The van der Waals surface area contributed by atoms with E-state index in [0.717, 1.165) is 36.4 Å². The molecule has 1 fully saturated rings. The van der Waals surface area contributed by atoms with Crippen molar-refractivity contribution in [1.29, 1.82) is 5.26 Å². The predicted molar refractivity (Wildman–Crippen MR) is 154 cm³/mol. The Kier molecular flexibility index (Phi) is 8.62. The monoisotopic (exact) mass is 548 g/mol. The van der Waals surface area contributed by atoms with Crippen LogP contribution in [0.4, 0.5) is 15.9 Å². The molecule has 1 aromatic heterocycles. The van der Waals surface area contributed by atoms with Crippen molar-refractivity contribution in [2.24, 2.45) is 0 Å². The molecule has 4 aromatic rings. The molecule has 41 heavy (non-hydrogen) atoms. The molecule has 0 spiro atoms. The van der Waals surface area contributed by atoms with E-state index in [1.54, 1.807) is 66.9 Å². The molecule has 206 valence electrons. The summed E-state index contributed by atoms with van der Waals surface area (Å²) < 4.78 is 13.1. The van der Waals surface area contributed by atoms with E-state index >= 15 is 0 Å². The zero-order valence-corrected chi connectivity index (χ0v) is 22.4. The van der Waals surface area contributed by atoms with Gasteiger partial charge in [-0.05, 0) is 71.8 Å². The minimum atomic E-state index is -0.241. The van der Waals surface area contributed by atoms with Crippen molar-refractivity contribution in [2.75, 3.05) is 31.5 Å². The largest absolute Gasteiger partial charge is 0.348 e. The van der Waals surface area contributed by atoms with Gasteiger partial charge in [-0.3, -0.25) is 14.5 Å². The van der Waals surface area contributed by atoms with Crippen LogP contribution in [-0.2, 0) is 13.1 Å². The molecule has 0 saturated carbocycles. The number of nitriles is 1. The Morgan fingerprint density at radius 2 is 1.49 bits per heavy atom. The molecule has 0 atom stereocenters. The van der Waals surface area contributed by atoms with E-state index in [1.165, 1.54) is 12.1 Å². The summed E-state index contributed by atoms with van der Waals surface area (Å²) in [4.78, 5) is 34.0. The molecule has 5 rings (SSSR count). The average Bonchev–Trinajstić information content (AvgIpc) is 3.02. The van der Waals surface area contributed by atoms with E-state index in [2.05, 4.69) is 26.6 Å². The van der Waals surface area contributed by atoms with Gasteiger partial charge in [-0.1, -0.05) is 24.3 Å². The second kappa shape index (κ2) is 12.9. The average molecular weight is 549 g/mol. The maximum absolute atomic E-state index is 13.1. The first-order chi connectivity index (χ1) is 20.0. The number of benzene rings is 3. The first-order valence-electron chi connectivity index (χ1n) is 13.3. The van der Waals surface area contributed by atoms with Crippen LogP contribution in [0.3, 0.4) is 0 Å². The molecule has 3 aromatic carbocycles. The van der Waals surface area contributed by atoms with Crippen molar-refractivity contribution >= 4 is 23.3 Å². The number of pyridine rings is 1. The van der Waals surface area contributed by atoms with Gasteiger partial charge in [0.05, 0.1) is 17.2 Å². The summed E-state index contributed by atoms with van der Waals surface area (Å²) in [6.45, 7) is 3.83. The van der Waals surface area contributed by atoms with E-state index in [9.17, 15) is 14.0 Å². The highest BCUT2D eigenvalue weighted by molar-refractivity contribution is 5.95. The Morgan fingerprint density at radius 3 is 2.12 bits per heavy atom. The minimum Gasteiger partial charge on any atom is -0.348 e. The highest BCUT2D eigenvalue weighted by atomic mass is 19.1. The van der Waals surface area contributed by atoms with Crippen molar-refractivity contribution in [3.63, 3.8) is 0 Å². The third-order valence-corrected chi connectivity index (χ3v) is 6.94. The minimum absolute atomic E-state index is 0.0538. The highest BCUT2D eigenvalue weighted by Gasteiger charge is 2.22. The summed E-state index contributed by atoms with van der Waals surface area (Å²) in [5.41, 5.74) is 4.35. The van der Waals surface area contributed by atoms with E-state index in [1.807, 2.05) is 17.0 Å². The number of aromatic nitrogens is 1. The number of piperazine rings is 1. The second-order valence-corrected chi connectivity index (χ2v) is 9.82. The van der Waals surface area contributed by atoms with Gasteiger partial charge in [0.1, 0.15) is 11.6 Å². The van der Waals surface area contributed by atoms with Gasteiger partial charge < -0.3 is 15.5 Å². The van der Waals surface area contributed by atoms with Gasteiger partial charge in [0.15, 0.2) is 0 Å². The lowest BCUT2D eigenvalue weighted by Gasteiger charge is -2.34. The topological polar surface area (TPSA) is 101 Å². The van der Waals surface area contributed by atoms with Gasteiger partial charge in [0.2, 0.25) is 0 Å². The van der Waals surface area contributed by atoms with Crippen LogP contribution in [0.5, 0.6) is 0 Å². The van der Waals surface area contributed by atoms with Crippen LogP contribution in [0, 0.1) is 17.1 Å². The summed E-state index contributed by atoms with van der Waals surface area (Å²) in [5, 5.41) is 15.0. The molecule has 9 heteroatoms. The quantitative estimate of drug-likeness (QED) is 0.330. The molecular formula is C32H29FN6O2. The van der Waals surface area contributed by atoms with Gasteiger partial charge in [0, 0.05) is 56.7 Å². The Morgan fingerprint density at radius 1 is 0.829 bits per heavy atom. The summed E-state index contributed by atoms with van der Waals surface area (Å²) >= 11 is 0. The van der Waals surface area contributed by atoms with E-state index in [4.69, 9.17) is 5.26 Å². The van der Waals surface area contributed by atoms with Crippen LogP contribution in [0.1, 0.15) is 37.4 Å². The first kappa shape index (κ1) is 27.5. The highest BCUT2D eigenvalue weighted by Crippen LogP contribution is 2.17. The molecule has 1 aliphatic heterocycles. The van der Waals surface area contributed by atoms with E-state index < -0.39 is 0 Å². The molecule has 1 aliphatic rings. The Labute approximate surface area is 238 Å². The standard InChI is InChI=1S/C32H29FN6O2/c33-28-10-5-25(6-11-28)22-38-15-17-39(18-16-38)32(41)27-9-14-30(35-21-27)37-29-12-7-26(8-13-29)31(40)36-20-24-3-1-23(19-34)2-4-24/h1-14,21H,15-18,20,22H2,(H,35,37)(H,36,40). The molecule has 1 saturated heterocycles. The predicted octanol–water partition coefficient (Wildman–Crippen LogP) is 4.72. The number of carbonyl (C=O) groups excluding carboxylic acids is 2. The van der Waals surface area contributed by atoms with Gasteiger partial charge in [-0.25, -0.2) is 9.37 Å². The summed E-state index contributed by atoms with van der Waals surface area (Å²) in [5.74, 6) is 0.0955. The van der Waals surface area contributed by atoms with Crippen LogP contribution in [0.2, 0.25) is 0 Å². The molecule has 0 aliphatic carbocycles. The maximum atomic E-state index is 13.1. The van der Waals surface area contributed by atoms with Gasteiger partial charge in [-0.15, -0.1) is 0 Å². The maximum Gasteiger partial charge on any atom is 0.255 e. The number of anilines is 2. The summed E-state index contributed by atoms with van der Waals surface area (Å²) in [7, 11) is 0. The lowest BCUT2D eigenvalue weighted by molar-refractivity contribution is 0.0628. The Bertz CT molecular complexity index is 1520. The number of carbonyl (C=O) groups is 2. The lowest BCUT2D eigenvalue weighted by Crippen LogP contribution is -2.48. The van der Waals surface area contributed by atoms with Crippen molar-refractivity contribution in [2.45, 2.75) is 13.1 Å². The molecule has 0 radical (unpaired) electrons. The number of halogens is 1. The molecule has 8 nitrogen and oxygen atoms in total. The molecular weight excluding hydrogens is 519 g/mol. The summed E-state index contributed by atoms with van der Waals surface area (Å²) in [6, 6.07) is 26.2. The third kappa shape index (κ3) is 7.32. The van der Waals surface area contributed by atoms with Crippen molar-refractivity contribution in [3.05, 3.63) is 125 Å². The third-order valence-electron chi connectivity index (χ3n) is 6.94. The number of nitrogens with zero attached hydrogens (tertiary/aromatic N) is 4. The van der Waals surface area contributed by atoms with Crippen LogP contribution in [-0.4, -0.2) is 52.8 Å². The Balaban J connectivity index is 1.09. The van der Waals surface area contributed by atoms with Crippen molar-refractivity contribution in [1.82, 2.24) is 20.1 Å². The van der Waals surface area contributed by atoms with Crippen molar-refractivity contribution < 1.29 is 14.0 Å². The molecule has 0 bridgehead atoms. The number of hydrogen-bond acceptors (Lipinski definition) is 6. The van der Waals surface area contributed by atoms with Gasteiger partial charge >= 0.3 is 0 Å². The van der Waals surface area contributed by atoms with Crippen LogP contribution in [0.25, 0.3) is 0 Å². The lowest BCUT2D eigenvalue weighted by atomic mass is 10.1. The van der Waals surface area contributed by atoms with E-state index in [0.29, 0.717) is 42.1 Å². The number of rotatable bonds is 8. The number of nitrogens with one attached hydrogen (secondary N) is 2. The van der Waals surface area contributed by atoms with Crippen LogP contribution < -0.4 is 10.6 Å². The molecule has 2 amide bonds. The van der Waals surface area contributed by atoms with Crippen molar-refractivity contribution in [3.8, 4) is 6.07 Å². The number of hydrogen-bond donors (Lipinski definition) is 2.